The average Bonchev–Trinajstić information content (AvgIpc) is 2.36. The number of nitrogens with zero attached hydrogens (tertiary/aromatic N) is 1. The molecule has 21 heavy (non-hydrogen) atoms. The fraction of sp³-hybridized carbons (Fsp3) is 0.500. The van der Waals surface area contributed by atoms with Gasteiger partial charge in [0.05, 0.1) is 5.69 Å². The number of nitrogens with one attached hydrogen (secondary N) is 1. The number of fused-ring (bicyclic) bond motifs is 1. The van der Waals surface area contributed by atoms with E-state index in [0.717, 1.165) is 30.0 Å². The molecular formula is C16H22N2O3. The molecular weight excluding hydrogens is 268 g/mol. The summed E-state index contributed by atoms with van der Waals surface area (Å²) in [7, 11) is 0. The number of benzene rings is 1. The normalized spacial score (nSPS) is 14.3. The van der Waals surface area contributed by atoms with Gasteiger partial charge in [0, 0.05) is 13.5 Å². The van der Waals surface area contributed by atoms with Gasteiger partial charge >= 0.3 is 6.09 Å². The van der Waals surface area contributed by atoms with Gasteiger partial charge in [0.25, 0.3) is 0 Å². The third-order valence-electron chi connectivity index (χ3n) is 3.23. The van der Waals surface area contributed by atoms with Gasteiger partial charge in [-0.2, -0.15) is 0 Å². The summed E-state index contributed by atoms with van der Waals surface area (Å²) >= 11 is 0. The molecule has 0 aromatic heterocycles. The number of hydrogen-bond acceptors (Lipinski definition) is 4. The van der Waals surface area contributed by atoms with Crippen molar-refractivity contribution >= 4 is 17.7 Å². The number of carbonyl (C=O) groups is 2. The fourth-order valence-electron chi connectivity index (χ4n) is 2.33. The lowest BCUT2D eigenvalue weighted by Crippen LogP contribution is -2.40. The maximum absolute atomic E-state index is 12.2. The van der Waals surface area contributed by atoms with Gasteiger partial charge in [0.1, 0.15) is 5.60 Å². The summed E-state index contributed by atoms with van der Waals surface area (Å²) in [6.45, 7) is 8.40. The summed E-state index contributed by atoms with van der Waals surface area (Å²) in [5.74, 6) is -0.354. The van der Waals surface area contributed by atoms with Crippen LogP contribution in [0.5, 0.6) is 0 Å². The molecule has 1 aromatic rings. The number of carbonyl (C=O) groups excluding carboxylic acids is 2. The number of imide groups is 1. The number of amides is 2. The molecule has 0 saturated carbocycles. The third kappa shape index (κ3) is 3.82. The Hall–Kier alpha value is -1.88. The SMILES string of the molecule is CC(=O)N(C(=O)OC(C)(C)C)c1ccc2c(c1)CNCC2. The van der Waals surface area contributed by atoms with E-state index in [2.05, 4.69) is 5.32 Å². The van der Waals surface area contributed by atoms with Crippen LogP contribution < -0.4 is 10.2 Å². The Morgan fingerprint density at radius 1 is 1.24 bits per heavy atom. The number of rotatable bonds is 1. The van der Waals surface area contributed by atoms with E-state index in [9.17, 15) is 9.59 Å². The summed E-state index contributed by atoms with van der Waals surface area (Å²) in [5.41, 5.74) is 2.29. The van der Waals surface area contributed by atoms with Crippen molar-refractivity contribution in [2.24, 2.45) is 0 Å². The van der Waals surface area contributed by atoms with E-state index in [0.29, 0.717) is 5.69 Å². The molecule has 0 bridgehead atoms. The van der Waals surface area contributed by atoms with Crippen LogP contribution in [-0.2, 0) is 22.5 Å². The van der Waals surface area contributed by atoms with Crippen LogP contribution >= 0.6 is 0 Å². The first-order chi connectivity index (χ1) is 9.78. The molecule has 2 amide bonds. The van der Waals surface area contributed by atoms with Crippen LogP contribution in [0.4, 0.5) is 10.5 Å². The second-order valence-electron chi connectivity index (χ2n) is 6.21. The van der Waals surface area contributed by atoms with Crippen molar-refractivity contribution in [3.8, 4) is 0 Å². The molecule has 1 aromatic carbocycles. The Labute approximate surface area is 125 Å². The van der Waals surface area contributed by atoms with E-state index in [1.807, 2.05) is 12.1 Å². The molecule has 5 heteroatoms. The average molecular weight is 290 g/mol. The molecule has 1 aliphatic rings. The first-order valence-electron chi connectivity index (χ1n) is 7.14. The van der Waals surface area contributed by atoms with Crippen LogP contribution in [0.25, 0.3) is 0 Å². The maximum Gasteiger partial charge on any atom is 0.421 e. The first kappa shape index (κ1) is 15.5. The van der Waals surface area contributed by atoms with Gasteiger partial charge in [-0.15, -0.1) is 0 Å². The largest absolute Gasteiger partial charge is 0.443 e. The summed E-state index contributed by atoms with van der Waals surface area (Å²) in [4.78, 5) is 25.2. The fourth-order valence-corrected chi connectivity index (χ4v) is 2.33. The maximum atomic E-state index is 12.2. The van der Waals surface area contributed by atoms with Crippen molar-refractivity contribution in [1.29, 1.82) is 0 Å². The molecule has 0 spiro atoms. The highest BCUT2D eigenvalue weighted by Crippen LogP contribution is 2.24. The van der Waals surface area contributed by atoms with E-state index >= 15 is 0 Å². The molecule has 2 rings (SSSR count). The Bertz CT molecular complexity index is 561. The Morgan fingerprint density at radius 3 is 2.57 bits per heavy atom. The molecule has 5 nitrogen and oxygen atoms in total. The molecule has 0 radical (unpaired) electrons. The minimum Gasteiger partial charge on any atom is -0.443 e. The minimum atomic E-state index is -0.640. The molecule has 0 atom stereocenters. The van der Waals surface area contributed by atoms with Gasteiger partial charge in [-0.05, 0) is 57.0 Å². The summed E-state index contributed by atoms with van der Waals surface area (Å²) < 4.78 is 5.31. The predicted molar refractivity (Wildman–Crippen MR) is 81.2 cm³/mol. The Morgan fingerprint density at radius 2 is 1.95 bits per heavy atom. The van der Waals surface area contributed by atoms with Crippen LogP contribution in [-0.4, -0.2) is 24.1 Å². The molecule has 114 valence electrons. The van der Waals surface area contributed by atoms with Crippen molar-refractivity contribution in [3.05, 3.63) is 29.3 Å². The van der Waals surface area contributed by atoms with Gasteiger partial charge in [0.2, 0.25) is 5.91 Å². The zero-order valence-corrected chi connectivity index (χ0v) is 13.0. The smallest absolute Gasteiger partial charge is 0.421 e. The predicted octanol–water partition coefficient (Wildman–Crippen LogP) is 2.62. The lowest BCUT2D eigenvalue weighted by Gasteiger charge is -2.26. The second kappa shape index (κ2) is 5.85. The van der Waals surface area contributed by atoms with E-state index in [1.165, 1.54) is 12.5 Å². The lowest BCUT2D eigenvalue weighted by atomic mass is 10.0. The highest BCUT2D eigenvalue weighted by Gasteiger charge is 2.27. The Kier molecular flexibility index (Phi) is 4.32. The van der Waals surface area contributed by atoms with Crippen molar-refractivity contribution in [1.82, 2.24) is 5.32 Å². The summed E-state index contributed by atoms with van der Waals surface area (Å²) in [6.07, 6.45) is 0.320. The first-order valence-corrected chi connectivity index (χ1v) is 7.14. The van der Waals surface area contributed by atoms with E-state index in [4.69, 9.17) is 4.74 Å². The molecule has 1 N–H and O–H groups in total. The van der Waals surface area contributed by atoms with E-state index < -0.39 is 11.7 Å². The zero-order chi connectivity index (χ0) is 15.6. The third-order valence-corrected chi connectivity index (χ3v) is 3.23. The van der Waals surface area contributed by atoms with Crippen molar-refractivity contribution in [3.63, 3.8) is 0 Å². The van der Waals surface area contributed by atoms with Gasteiger partial charge in [-0.25, -0.2) is 9.69 Å². The highest BCUT2D eigenvalue weighted by atomic mass is 16.6. The number of ether oxygens (including phenoxy) is 1. The highest BCUT2D eigenvalue weighted by molar-refractivity contribution is 6.11. The van der Waals surface area contributed by atoms with Crippen LogP contribution in [0, 0.1) is 0 Å². The van der Waals surface area contributed by atoms with Crippen molar-refractivity contribution in [2.75, 3.05) is 11.4 Å². The Balaban J connectivity index is 2.30. The van der Waals surface area contributed by atoms with Crippen molar-refractivity contribution < 1.29 is 14.3 Å². The van der Waals surface area contributed by atoms with E-state index in [-0.39, 0.29) is 5.91 Å². The summed E-state index contributed by atoms with van der Waals surface area (Å²) in [6, 6.07) is 5.66. The van der Waals surface area contributed by atoms with Gasteiger partial charge < -0.3 is 10.1 Å². The molecule has 1 heterocycles. The van der Waals surface area contributed by atoms with Gasteiger partial charge in [-0.3, -0.25) is 4.79 Å². The summed E-state index contributed by atoms with van der Waals surface area (Å²) in [5, 5.41) is 3.28. The minimum absolute atomic E-state index is 0.354. The van der Waals surface area contributed by atoms with Gasteiger partial charge in [-0.1, -0.05) is 6.07 Å². The monoisotopic (exact) mass is 290 g/mol. The van der Waals surface area contributed by atoms with Crippen LogP contribution in [0.15, 0.2) is 18.2 Å². The molecule has 0 fully saturated rings. The quantitative estimate of drug-likeness (QED) is 0.863. The molecule has 1 aliphatic heterocycles. The van der Waals surface area contributed by atoms with Crippen LogP contribution in [0.2, 0.25) is 0 Å². The lowest BCUT2D eigenvalue weighted by molar-refractivity contribution is -0.116. The van der Waals surface area contributed by atoms with Gasteiger partial charge in [0.15, 0.2) is 0 Å². The molecule has 0 unspecified atom stereocenters. The zero-order valence-electron chi connectivity index (χ0n) is 13.0. The van der Waals surface area contributed by atoms with Crippen LogP contribution in [0.1, 0.15) is 38.8 Å². The molecule has 0 aliphatic carbocycles. The molecule has 0 saturated heterocycles. The van der Waals surface area contributed by atoms with Crippen LogP contribution in [0.3, 0.4) is 0 Å². The standard InChI is InChI=1S/C16H22N2O3/c1-11(19)18(15(20)21-16(2,3)4)14-6-5-12-7-8-17-10-13(12)9-14/h5-6,9,17H,7-8,10H2,1-4H3. The number of anilines is 1. The van der Waals surface area contributed by atoms with Crippen molar-refractivity contribution in [2.45, 2.75) is 46.3 Å². The topological polar surface area (TPSA) is 58.6 Å². The second-order valence-corrected chi connectivity index (χ2v) is 6.21. The number of hydrogen-bond donors (Lipinski definition) is 1. The van der Waals surface area contributed by atoms with E-state index in [1.54, 1.807) is 26.8 Å².